The molecule has 0 fully saturated rings. The molecule has 0 atom stereocenters. The summed E-state index contributed by atoms with van der Waals surface area (Å²) in [6.45, 7) is 1.87. The van der Waals surface area contributed by atoms with Crippen molar-refractivity contribution in [3.8, 4) is 0 Å². The largest absolute Gasteiger partial charge is 0.465 e. The molecule has 0 spiro atoms. The summed E-state index contributed by atoms with van der Waals surface area (Å²) in [6, 6.07) is 7.19. The van der Waals surface area contributed by atoms with E-state index >= 15 is 0 Å². The molecule has 0 amide bonds. The zero-order valence-electron chi connectivity index (χ0n) is 8.03. The molecule has 14 heavy (non-hydrogen) atoms. The molecule has 0 aliphatic heterocycles. The van der Waals surface area contributed by atoms with E-state index in [1.807, 2.05) is 19.1 Å². The van der Waals surface area contributed by atoms with Crippen LogP contribution in [0.15, 0.2) is 28.7 Å². The minimum Gasteiger partial charge on any atom is -0.465 e. The topological polar surface area (TPSA) is 39.4 Å². The van der Waals surface area contributed by atoms with Gasteiger partial charge in [0.25, 0.3) is 0 Å². The van der Waals surface area contributed by atoms with Gasteiger partial charge in [0.2, 0.25) is 0 Å². The number of methoxy groups -OCH3 is 1. The van der Waals surface area contributed by atoms with Crippen molar-refractivity contribution >= 4 is 16.9 Å². The van der Waals surface area contributed by atoms with E-state index in [0.717, 1.165) is 11.1 Å². The van der Waals surface area contributed by atoms with Crippen LogP contribution in [0, 0.1) is 6.92 Å². The van der Waals surface area contributed by atoms with Gasteiger partial charge in [-0.2, -0.15) is 0 Å². The number of carbonyl (C=O) groups excluding carboxylic acids is 1. The van der Waals surface area contributed by atoms with Crippen LogP contribution in [0.25, 0.3) is 11.0 Å². The molecular formula is C11H10O3. The van der Waals surface area contributed by atoms with Crippen LogP contribution >= 0.6 is 0 Å². The highest BCUT2D eigenvalue weighted by Gasteiger charge is 2.07. The molecule has 0 bridgehead atoms. The maximum Gasteiger partial charge on any atom is 0.337 e. The first-order valence-electron chi connectivity index (χ1n) is 4.29. The number of hydrogen-bond acceptors (Lipinski definition) is 3. The Hall–Kier alpha value is -1.77. The standard InChI is InChI=1S/C11H10O3/c1-7-5-8-3-4-9(11(12)13-2)6-10(8)14-7/h3-6H,1-2H3. The van der Waals surface area contributed by atoms with Crippen LogP contribution in [0.3, 0.4) is 0 Å². The van der Waals surface area contributed by atoms with E-state index in [1.54, 1.807) is 12.1 Å². The minimum absolute atomic E-state index is 0.346. The zero-order valence-corrected chi connectivity index (χ0v) is 8.03. The van der Waals surface area contributed by atoms with Crippen molar-refractivity contribution < 1.29 is 13.9 Å². The Morgan fingerprint density at radius 2 is 2.14 bits per heavy atom. The predicted octanol–water partition coefficient (Wildman–Crippen LogP) is 2.53. The van der Waals surface area contributed by atoms with Crippen molar-refractivity contribution in [1.29, 1.82) is 0 Å². The third-order valence-electron chi connectivity index (χ3n) is 2.06. The molecule has 0 radical (unpaired) electrons. The fraction of sp³-hybridized carbons (Fsp3) is 0.182. The summed E-state index contributed by atoms with van der Waals surface area (Å²) in [4.78, 5) is 11.2. The lowest BCUT2D eigenvalue weighted by molar-refractivity contribution is 0.0601. The van der Waals surface area contributed by atoms with E-state index in [9.17, 15) is 4.79 Å². The van der Waals surface area contributed by atoms with E-state index in [2.05, 4.69) is 4.74 Å². The number of benzene rings is 1. The van der Waals surface area contributed by atoms with Crippen LogP contribution in [0.4, 0.5) is 0 Å². The number of fused-ring (bicyclic) bond motifs is 1. The second-order valence-corrected chi connectivity index (χ2v) is 3.10. The maximum absolute atomic E-state index is 11.2. The molecule has 2 aromatic rings. The lowest BCUT2D eigenvalue weighted by Gasteiger charge is -1.97. The number of esters is 1. The molecule has 2 rings (SSSR count). The van der Waals surface area contributed by atoms with Gasteiger partial charge in [0.05, 0.1) is 12.7 Å². The van der Waals surface area contributed by atoms with Gasteiger partial charge in [-0.05, 0) is 25.1 Å². The molecule has 72 valence electrons. The van der Waals surface area contributed by atoms with Crippen molar-refractivity contribution in [3.05, 3.63) is 35.6 Å². The maximum atomic E-state index is 11.2. The van der Waals surface area contributed by atoms with Crippen LogP contribution in [0.5, 0.6) is 0 Å². The van der Waals surface area contributed by atoms with E-state index in [0.29, 0.717) is 11.1 Å². The highest BCUT2D eigenvalue weighted by molar-refractivity contribution is 5.93. The van der Waals surface area contributed by atoms with E-state index in [4.69, 9.17) is 4.42 Å². The Kier molecular flexibility index (Phi) is 2.00. The zero-order chi connectivity index (χ0) is 10.1. The molecular weight excluding hydrogens is 180 g/mol. The lowest BCUT2D eigenvalue weighted by atomic mass is 10.2. The van der Waals surface area contributed by atoms with Gasteiger partial charge in [-0.25, -0.2) is 4.79 Å². The van der Waals surface area contributed by atoms with Crippen LogP contribution < -0.4 is 0 Å². The van der Waals surface area contributed by atoms with Gasteiger partial charge in [0, 0.05) is 5.39 Å². The summed E-state index contributed by atoms with van der Waals surface area (Å²) in [6.07, 6.45) is 0. The Balaban J connectivity index is 2.55. The lowest BCUT2D eigenvalue weighted by Crippen LogP contribution is -1.99. The van der Waals surface area contributed by atoms with Crippen molar-refractivity contribution in [1.82, 2.24) is 0 Å². The summed E-state index contributed by atoms with van der Waals surface area (Å²) in [7, 11) is 1.36. The van der Waals surface area contributed by atoms with Gasteiger partial charge in [0.15, 0.2) is 0 Å². The van der Waals surface area contributed by atoms with Gasteiger partial charge in [0.1, 0.15) is 11.3 Å². The second kappa shape index (κ2) is 3.18. The van der Waals surface area contributed by atoms with E-state index < -0.39 is 0 Å². The first-order chi connectivity index (χ1) is 6.70. The van der Waals surface area contributed by atoms with E-state index in [-0.39, 0.29) is 5.97 Å². The molecule has 0 unspecified atom stereocenters. The summed E-state index contributed by atoms with van der Waals surface area (Å²) < 4.78 is 10.0. The number of aryl methyl sites for hydroxylation is 1. The van der Waals surface area contributed by atoms with Crippen LogP contribution in [0.1, 0.15) is 16.1 Å². The quantitative estimate of drug-likeness (QED) is 0.648. The van der Waals surface area contributed by atoms with Gasteiger partial charge in [-0.1, -0.05) is 6.07 Å². The summed E-state index contributed by atoms with van der Waals surface area (Å²) >= 11 is 0. The van der Waals surface area contributed by atoms with Gasteiger partial charge in [-0.15, -0.1) is 0 Å². The van der Waals surface area contributed by atoms with Gasteiger partial charge >= 0.3 is 5.97 Å². The first kappa shape index (κ1) is 8.81. The smallest absolute Gasteiger partial charge is 0.337 e. The average Bonchev–Trinajstić information content (AvgIpc) is 2.55. The Bertz CT molecular complexity index is 482. The molecule has 0 aliphatic rings. The molecule has 1 heterocycles. The highest BCUT2D eigenvalue weighted by Crippen LogP contribution is 2.20. The SMILES string of the molecule is COC(=O)c1ccc2cc(C)oc2c1. The molecule has 0 aliphatic carbocycles. The van der Waals surface area contributed by atoms with Crippen molar-refractivity contribution in [3.63, 3.8) is 0 Å². The molecule has 0 saturated heterocycles. The first-order valence-corrected chi connectivity index (χ1v) is 4.29. The Morgan fingerprint density at radius 1 is 1.36 bits per heavy atom. The van der Waals surface area contributed by atoms with E-state index in [1.165, 1.54) is 7.11 Å². The monoisotopic (exact) mass is 190 g/mol. The minimum atomic E-state index is -0.346. The molecule has 3 heteroatoms. The highest BCUT2D eigenvalue weighted by atomic mass is 16.5. The summed E-state index contributed by atoms with van der Waals surface area (Å²) in [5.41, 5.74) is 1.22. The fourth-order valence-corrected chi connectivity index (χ4v) is 1.41. The van der Waals surface area contributed by atoms with Crippen molar-refractivity contribution in [2.75, 3.05) is 7.11 Å². The van der Waals surface area contributed by atoms with Crippen molar-refractivity contribution in [2.24, 2.45) is 0 Å². The van der Waals surface area contributed by atoms with Crippen LogP contribution in [0.2, 0.25) is 0 Å². The summed E-state index contributed by atoms with van der Waals surface area (Å²) in [5, 5.41) is 0.996. The van der Waals surface area contributed by atoms with Crippen molar-refractivity contribution in [2.45, 2.75) is 6.92 Å². The third kappa shape index (κ3) is 1.37. The number of rotatable bonds is 1. The van der Waals surface area contributed by atoms with Gasteiger partial charge in [-0.3, -0.25) is 0 Å². The van der Waals surface area contributed by atoms with Crippen LogP contribution in [-0.4, -0.2) is 13.1 Å². The number of carbonyl (C=O) groups is 1. The molecule has 1 aromatic heterocycles. The second-order valence-electron chi connectivity index (χ2n) is 3.10. The number of hydrogen-bond donors (Lipinski definition) is 0. The molecule has 1 aromatic carbocycles. The summed E-state index contributed by atoms with van der Waals surface area (Å²) in [5.74, 6) is 0.489. The number of ether oxygens (including phenoxy) is 1. The van der Waals surface area contributed by atoms with Crippen LogP contribution in [-0.2, 0) is 4.74 Å². The predicted molar refractivity (Wildman–Crippen MR) is 52.3 cm³/mol. The average molecular weight is 190 g/mol. The Labute approximate surface area is 81.3 Å². The Morgan fingerprint density at radius 3 is 2.86 bits per heavy atom. The fourth-order valence-electron chi connectivity index (χ4n) is 1.41. The molecule has 3 nitrogen and oxygen atoms in total. The third-order valence-corrected chi connectivity index (χ3v) is 2.06. The number of furan rings is 1. The normalized spacial score (nSPS) is 10.4. The molecule has 0 saturated carbocycles. The van der Waals surface area contributed by atoms with Gasteiger partial charge < -0.3 is 9.15 Å². The molecule has 0 N–H and O–H groups in total.